The highest BCUT2D eigenvalue weighted by atomic mass is 19.1. The van der Waals surface area contributed by atoms with Crippen LogP contribution in [0.25, 0.3) is 0 Å². The van der Waals surface area contributed by atoms with Gasteiger partial charge in [-0.05, 0) is 49.6 Å². The number of hydrogen-bond acceptors (Lipinski definition) is 6. The van der Waals surface area contributed by atoms with Gasteiger partial charge in [0.05, 0.1) is 13.2 Å². The van der Waals surface area contributed by atoms with Gasteiger partial charge in [0, 0.05) is 11.1 Å². The topological polar surface area (TPSA) is 77.4 Å². The molecule has 6 unspecified atom stereocenters. The van der Waals surface area contributed by atoms with Gasteiger partial charge in [0.1, 0.15) is 30.2 Å². The second-order valence-corrected chi connectivity index (χ2v) is 7.98. The van der Waals surface area contributed by atoms with Gasteiger partial charge >= 0.3 is 0 Å². The molecule has 2 fully saturated rings. The first kappa shape index (κ1) is 21.4. The van der Waals surface area contributed by atoms with E-state index in [0.29, 0.717) is 11.1 Å². The summed E-state index contributed by atoms with van der Waals surface area (Å²) in [7, 11) is 0. The van der Waals surface area contributed by atoms with Crippen molar-refractivity contribution in [3.63, 3.8) is 0 Å². The van der Waals surface area contributed by atoms with Gasteiger partial charge < -0.3 is 29.2 Å². The van der Waals surface area contributed by atoms with Crippen molar-refractivity contribution in [3.8, 4) is 0 Å². The maximum absolute atomic E-state index is 13.6. The van der Waals surface area contributed by atoms with Crippen molar-refractivity contribution in [3.05, 3.63) is 70.0 Å². The van der Waals surface area contributed by atoms with Crippen molar-refractivity contribution in [2.45, 2.75) is 57.8 Å². The summed E-state index contributed by atoms with van der Waals surface area (Å²) in [6.07, 6.45) is -4.57. The van der Waals surface area contributed by atoms with Crippen molar-refractivity contribution >= 4 is 0 Å². The number of hydrogen-bond donors (Lipinski definition) is 2. The third-order valence-corrected chi connectivity index (χ3v) is 5.79. The first-order chi connectivity index (χ1) is 14.4. The highest BCUT2D eigenvalue weighted by Crippen LogP contribution is 2.39. The molecule has 2 aliphatic heterocycles. The molecule has 0 saturated carbocycles. The molecule has 0 aliphatic carbocycles. The number of fused-ring (bicyclic) bond motifs is 1. The number of aliphatic hydroxyl groups excluding tert-OH is 2. The molecule has 162 valence electrons. The summed E-state index contributed by atoms with van der Waals surface area (Å²) in [6, 6.07) is 10.5. The van der Waals surface area contributed by atoms with Crippen LogP contribution in [0.4, 0.5) is 4.39 Å². The van der Waals surface area contributed by atoms with Crippen LogP contribution in [-0.4, -0.2) is 47.8 Å². The summed E-state index contributed by atoms with van der Waals surface area (Å²) in [5.74, 6) is -0.304. The number of rotatable bonds is 4. The molecule has 6 nitrogen and oxygen atoms in total. The van der Waals surface area contributed by atoms with Crippen LogP contribution in [-0.2, 0) is 18.9 Å². The van der Waals surface area contributed by atoms with Crippen LogP contribution >= 0.6 is 0 Å². The molecule has 2 heterocycles. The fourth-order valence-electron chi connectivity index (χ4n) is 3.83. The van der Waals surface area contributed by atoms with Gasteiger partial charge in [-0.2, -0.15) is 0 Å². The lowest BCUT2D eigenvalue weighted by molar-refractivity contribution is -0.373. The molecule has 7 heteroatoms. The number of ether oxygens (including phenoxy) is 4. The van der Waals surface area contributed by atoms with Crippen molar-refractivity contribution in [1.82, 2.24) is 0 Å². The van der Waals surface area contributed by atoms with E-state index < -0.39 is 43.6 Å². The predicted molar refractivity (Wildman–Crippen MR) is 106 cm³/mol. The third kappa shape index (κ3) is 4.14. The Hall–Kier alpha value is -1.87. The lowest BCUT2D eigenvalue weighted by atomic mass is 9.99. The molecule has 4 rings (SSSR count). The molecule has 30 heavy (non-hydrogen) atoms. The summed E-state index contributed by atoms with van der Waals surface area (Å²) >= 11 is 0. The SMILES string of the molecule is Cc1ccc(C2OC3COC(c4ccc(F)c(C)c4)OC3C(C(O)CO)O2)cc1C. The van der Waals surface area contributed by atoms with Crippen LogP contribution in [0.1, 0.15) is 40.4 Å². The lowest BCUT2D eigenvalue weighted by Gasteiger charge is -2.47. The Balaban J connectivity index is 1.57. The molecule has 2 saturated heterocycles. The van der Waals surface area contributed by atoms with Crippen LogP contribution in [0, 0.1) is 26.6 Å². The molecule has 2 N–H and O–H groups in total. The van der Waals surface area contributed by atoms with Gasteiger partial charge in [0.25, 0.3) is 0 Å². The van der Waals surface area contributed by atoms with Crippen molar-refractivity contribution < 1.29 is 33.6 Å². The minimum absolute atomic E-state index is 0.213. The molecule has 0 radical (unpaired) electrons. The molecule has 2 aliphatic rings. The normalized spacial score (nSPS) is 30.0. The molecule has 0 bridgehead atoms. The number of benzene rings is 2. The molecule has 0 aromatic heterocycles. The fraction of sp³-hybridized carbons (Fsp3) is 0.478. The first-order valence-electron chi connectivity index (χ1n) is 10.1. The van der Waals surface area contributed by atoms with Gasteiger partial charge in [-0.25, -0.2) is 4.39 Å². The Labute approximate surface area is 175 Å². The molecule has 0 amide bonds. The van der Waals surface area contributed by atoms with Gasteiger partial charge in [0.2, 0.25) is 0 Å². The van der Waals surface area contributed by atoms with E-state index in [-0.39, 0.29) is 12.4 Å². The summed E-state index contributed by atoms with van der Waals surface area (Å²) in [4.78, 5) is 0. The molecular weight excluding hydrogens is 391 g/mol. The summed E-state index contributed by atoms with van der Waals surface area (Å²) < 4.78 is 37.7. The van der Waals surface area contributed by atoms with E-state index in [1.54, 1.807) is 19.1 Å². The van der Waals surface area contributed by atoms with E-state index in [0.717, 1.165) is 16.7 Å². The largest absolute Gasteiger partial charge is 0.394 e. The third-order valence-electron chi connectivity index (χ3n) is 5.79. The van der Waals surface area contributed by atoms with E-state index >= 15 is 0 Å². The van der Waals surface area contributed by atoms with Crippen molar-refractivity contribution in [2.75, 3.05) is 13.2 Å². The van der Waals surface area contributed by atoms with E-state index in [2.05, 4.69) is 0 Å². The van der Waals surface area contributed by atoms with E-state index in [1.807, 2.05) is 32.0 Å². The van der Waals surface area contributed by atoms with Crippen molar-refractivity contribution in [2.24, 2.45) is 0 Å². The minimum atomic E-state index is -1.15. The van der Waals surface area contributed by atoms with Crippen LogP contribution in [0.2, 0.25) is 0 Å². The first-order valence-corrected chi connectivity index (χ1v) is 10.1. The monoisotopic (exact) mass is 418 g/mol. The minimum Gasteiger partial charge on any atom is -0.394 e. The average molecular weight is 418 g/mol. The number of aryl methyl sites for hydroxylation is 3. The summed E-state index contributed by atoms with van der Waals surface area (Å²) in [5, 5.41) is 20.0. The van der Waals surface area contributed by atoms with Gasteiger partial charge in [-0.3, -0.25) is 0 Å². The Bertz CT molecular complexity index is 901. The van der Waals surface area contributed by atoms with Crippen molar-refractivity contribution in [1.29, 1.82) is 0 Å². The maximum Gasteiger partial charge on any atom is 0.184 e. The Morgan fingerprint density at radius 2 is 1.63 bits per heavy atom. The van der Waals surface area contributed by atoms with Gasteiger partial charge in [0.15, 0.2) is 12.6 Å². The van der Waals surface area contributed by atoms with E-state index in [9.17, 15) is 14.6 Å². The molecular formula is C23H27FO6. The Morgan fingerprint density at radius 1 is 0.933 bits per heavy atom. The smallest absolute Gasteiger partial charge is 0.184 e. The Kier molecular flexibility index (Phi) is 6.20. The zero-order valence-electron chi connectivity index (χ0n) is 17.2. The average Bonchev–Trinajstić information content (AvgIpc) is 2.75. The Morgan fingerprint density at radius 3 is 2.33 bits per heavy atom. The standard InChI is InChI=1S/C23H27FO6/c1-12-4-5-16(8-13(12)2)23-28-19-11-27-22(15-6-7-17(24)14(3)9-15)30-21(19)20(29-23)18(26)10-25/h4-9,18-23,25-26H,10-11H2,1-3H3. The second kappa shape index (κ2) is 8.70. The molecule has 0 spiro atoms. The second-order valence-electron chi connectivity index (χ2n) is 7.98. The highest BCUT2D eigenvalue weighted by molar-refractivity contribution is 5.31. The van der Waals surface area contributed by atoms with Gasteiger partial charge in [-0.15, -0.1) is 0 Å². The summed E-state index contributed by atoms with van der Waals surface area (Å²) in [6.45, 7) is 5.44. The fourth-order valence-corrected chi connectivity index (χ4v) is 3.83. The zero-order chi connectivity index (χ0) is 21.4. The van der Waals surface area contributed by atoms with Crippen LogP contribution in [0.3, 0.4) is 0 Å². The van der Waals surface area contributed by atoms with Crippen LogP contribution < -0.4 is 0 Å². The highest BCUT2D eigenvalue weighted by Gasteiger charge is 2.48. The van der Waals surface area contributed by atoms with Crippen LogP contribution in [0.5, 0.6) is 0 Å². The van der Waals surface area contributed by atoms with E-state index in [1.165, 1.54) is 6.07 Å². The maximum atomic E-state index is 13.6. The molecule has 6 atom stereocenters. The van der Waals surface area contributed by atoms with E-state index in [4.69, 9.17) is 18.9 Å². The molecule has 2 aromatic rings. The number of aliphatic hydroxyl groups is 2. The quantitative estimate of drug-likeness (QED) is 0.795. The zero-order valence-corrected chi connectivity index (χ0v) is 17.2. The predicted octanol–water partition coefficient (Wildman–Crippen LogP) is 3.00. The van der Waals surface area contributed by atoms with Crippen LogP contribution in [0.15, 0.2) is 36.4 Å². The lowest BCUT2D eigenvalue weighted by Crippen LogP contribution is -2.58. The van der Waals surface area contributed by atoms with Gasteiger partial charge in [-0.1, -0.05) is 24.3 Å². The number of halogens is 1. The summed E-state index contributed by atoms with van der Waals surface area (Å²) in [5.41, 5.74) is 4.23. The molecule has 2 aromatic carbocycles.